The van der Waals surface area contributed by atoms with Crippen LogP contribution in [0.2, 0.25) is 0 Å². The number of azide groups is 1. The molecule has 0 bridgehead atoms. The fraction of sp³-hybridized carbons (Fsp3) is 0.300. The van der Waals surface area contributed by atoms with Crippen LogP contribution >= 0.6 is 0 Å². The van der Waals surface area contributed by atoms with Crippen molar-refractivity contribution in [3.05, 3.63) is 46.1 Å². The van der Waals surface area contributed by atoms with Gasteiger partial charge in [-0.2, -0.15) is 0 Å². The van der Waals surface area contributed by atoms with E-state index in [4.69, 9.17) is 11.3 Å². The molecule has 7 heteroatoms. The van der Waals surface area contributed by atoms with Crippen LogP contribution in [0.5, 0.6) is 0 Å². The molecule has 0 saturated carbocycles. The molecule has 3 N–H and O–H groups in total. The number of nitrogens with zero attached hydrogens (tertiary/aromatic N) is 3. The van der Waals surface area contributed by atoms with Crippen molar-refractivity contribution in [1.82, 2.24) is 5.32 Å². The van der Waals surface area contributed by atoms with Gasteiger partial charge in [0.25, 0.3) is 0 Å². The summed E-state index contributed by atoms with van der Waals surface area (Å²) < 4.78 is 13.4. The smallest absolute Gasteiger partial charge is 0.239 e. The molecule has 1 aromatic rings. The van der Waals surface area contributed by atoms with E-state index in [9.17, 15) is 9.18 Å². The molecule has 0 spiro atoms. The second-order valence-corrected chi connectivity index (χ2v) is 3.27. The SMILES string of the molecule is [N-]=[N+]=NCCNC(C(N)=O)c1ccccc1F. The number of carbonyl (C=O) groups excluding carboxylic acids is 1. The quantitative estimate of drug-likeness (QED) is 0.336. The minimum Gasteiger partial charge on any atom is -0.368 e. The molecular weight excluding hydrogens is 225 g/mol. The first kappa shape index (κ1) is 13.0. The van der Waals surface area contributed by atoms with Gasteiger partial charge in [-0.25, -0.2) is 4.39 Å². The van der Waals surface area contributed by atoms with Crippen molar-refractivity contribution in [3.8, 4) is 0 Å². The Morgan fingerprint density at radius 1 is 1.59 bits per heavy atom. The van der Waals surface area contributed by atoms with Crippen LogP contribution in [0.1, 0.15) is 11.6 Å². The van der Waals surface area contributed by atoms with Crippen LogP contribution in [-0.2, 0) is 4.79 Å². The Bertz CT molecular complexity index is 444. The maximum atomic E-state index is 13.4. The second-order valence-electron chi connectivity index (χ2n) is 3.27. The van der Waals surface area contributed by atoms with E-state index in [1.807, 2.05) is 0 Å². The number of primary amides is 1. The highest BCUT2D eigenvalue weighted by molar-refractivity contribution is 5.81. The van der Waals surface area contributed by atoms with Gasteiger partial charge in [-0.05, 0) is 11.6 Å². The van der Waals surface area contributed by atoms with Crippen molar-refractivity contribution in [3.63, 3.8) is 0 Å². The van der Waals surface area contributed by atoms with E-state index in [2.05, 4.69) is 15.3 Å². The first-order valence-corrected chi connectivity index (χ1v) is 4.94. The summed E-state index contributed by atoms with van der Waals surface area (Å²) in [5.41, 5.74) is 13.4. The molecule has 90 valence electrons. The van der Waals surface area contributed by atoms with Gasteiger partial charge in [-0.3, -0.25) is 4.79 Å². The van der Waals surface area contributed by atoms with E-state index in [-0.39, 0.29) is 18.7 Å². The van der Waals surface area contributed by atoms with Crippen LogP contribution in [0, 0.1) is 5.82 Å². The lowest BCUT2D eigenvalue weighted by molar-refractivity contribution is -0.120. The topological polar surface area (TPSA) is 104 Å². The van der Waals surface area contributed by atoms with Crippen molar-refractivity contribution in [2.24, 2.45) is 10.8 Å². The molecule has 1 rings (SSSR count). The summed E-state index contributed by atoms with van der Waals surface area (Å²) in [6.07, 6.45) is 0. The molecule has 1 atom stereocenters. The molecule has 17 heavy (non-hydrogen) atoms. The average Bonchev–Trinajstić information content (AvgIpc) is 2.30. The molecule has 0 heterocycles. The van der Waals surface area contributed by atoms with E-state index in [1.54, 1.807) is 6.07 Å². The van der Waals surface area contributed by atoms with Gasteiger partial charge in [0.1, 0.15) is 11.9 Å². The maximum absolute atomic E-state index is 13.4. The summed E-state index contributed by atoms with van der Waals surface area (Å²) >= 11 is 0. The first-order valence-electron chi connectivity index (χ1n) is 4.94. The lowest BCUT2D eigenvalue weighted by atomic mass is 10.1. The Kier molecular flexibility index (Phi) is 4.93. The monoisotopic (exact) mass is 237 g/mol. The van der Waals surface area contributed by atoms with Gasteiger partial charge in [0.2, 0.25) is 5.91 Å². The second kappa shape index (κ2) is 6.47. The van der Waals surface area contributed by atoms with Crippen molar-refractivity contribution in [2.45, 2.75) is 6.04 Å². The highest BCUT2D eigenvalue weighted by Gasteiger charge is 2.19. The van der Waals surface area contributed by atoms with Crippen molar-refractivity contribution in [1.29, 1.82) is 0 Å². The largest absolute Gasteiger partial charge is 0.368 e. The minimum atomic E-state index is -0.926. The Hall–Kier alpha value is -2.11. The Balaban J connectivity index is 2.76. The normalized spacial score (nSPS) is 11.6. The molecule has 1 unspecified atom stereocenters. The van der Waals surface area contributed by atoms with Crippen molar-refractivity contribution < 1.29 is 9.18 Å². The Labute approximate surface area is 97.2 Å². The Morgan fingerprint density at radius 2 is 2.29 bits per heavy atom. The highest BCUT2D eigenvalue weighted by atomic mass is 19.1. The predicted octanol–water partition coefficient (Wildman–Crippen LogP) is 1.25. The van der Waals surface area contributed by atoms with E-state index in [1.165, 1.54) is 18.2 Å². The zero-order valence-electron chi connectivity index (χ0n) is 9.01. The number of nitrogens with one attached hydrogen (secondary N) is 1. The third kappa shape index (κ3) is 3.75. The van der Waals surface area contributed by atoms with Crippen LogP contribution in [0.15, 0.2) is 29.4 Å². The number of carbonyl (C=O) groups is 1. The molecule has 6 nitrogen and oxygen atoms in total. The van der Waals surface area contributed by atoms with E-state index < -0.39 is 17.8 Å². The molecule has 0 fully saturated rings. The van der Waals surface area contributed by atoms with Crippen LogP contribution in [0.4, 0.5) is 4.39 Å². The zero-order chi connectivity index (χ0) is 12.7. The number of hydrogen-bond acceptors (Lipinski definition) is 3. The first-order chi connectivity index (χ1) is 8.16. The molecule has 0 aliphatic carbocycles. The molecule has 0 saturated heterocycles. The number of nitrogens with two attached hydrogens (primary N) is 1. The van der Waals surface area contributed by atoms with E-state index in [0.717, 1.165) is 0 Å². The fourth-order valence-corrected chi connectivity index (χ4v) is 1.38. The van der Waals surface area contributed by atoms with Crippen LogP contribution in [-0.4, -0.2) is 19.0 Å². The summed E-state index contributed by atoms with van der Waals surface area (Å²) in [5.74, 6) is -1.19. The molecule has 1 aromatic carbocycles. The van der Waals surface area contributed by atoms with Gasteiger partial charge in [-0.15, -0.1) is 0 Å². The number of halogens is 1. The van der Waals surface area contributed by atoms with Gasteiger partial charge in [0, 0.05) is 23.6 Å². The molecular formula is C10H12FN5O. The third-order valence-corrected chi connectivity index (χ3v) is 2.12. The highest BCUT2D eigenvalue weighted by Crippen LogP contribution is 2.16. The number of amides is 1. The summed E-state index contributed by atoms with van der Waals surface area (Å²) in [6, 6.07) is 4.94. The summed E-state index contributed by atoms with van der Waals surface area (Å²) in [4.78, 5) is 13.8. The predicted molar refractivity (Wildman–Crippen MR) is 60.4 cm³/mol. The lowest BCUT2D eigenvalue weighted by Crippen LogP contribution is -2.35. The third-order valence-electron chi connectivity index (χ3n) is 2.12. The van der Waals surface area contributed by atoms with Crippen LogP contribution in [0.3, 0.4) is 0 Å². The van der Waals surface area contributed by atoms with Gasteiger partial charge in [0.05, 0.1) is 0 Å². The van der Waals surface area contributed by atoms with Crippen molar-refractivity contribution >= 4 is 5.91 Å². The molecule has 0 aliphatic rings. The van der Waals surface area contributed by atoms with E-state index in [0.29, 0.717) is 0 Å². The maximum Gasteiger partial charge on any atom is 0.239 e. The molecule has 0 radical (unpaired) electrons. The van der Waals surface area contributed by atoms with Gasteiger partial charge in [-0.1, -0.05) is 23.3 Å². The molecule has 0 aromatic heterocycles. The fourth-order valence-electron chi connectivity index (χ4n) is 1.38. The zero-order valence-corrected chi connectivity index (χ0v) is 9.01. The minimum absolute atomic E-state index is 0.161. The van der Waals surface area contributed by atoms with Crippen molar-refractivity contribution in [2.75, 3.05) is 13.1 Å². The Morgan fingerprint density at radius 3 is 2.88 bits per heavy atom. The number of hydrogen-bond donors (Lipinski definition) is 2. The molecule has 1 amide bonds. The number of benzene rings is 1. The molecule has 0 aliphatic heterocycles. The van der Waals surface area contributed by atoms with Gasteiger partial charge >= 0.3 is 0 Å². The average molecular weight is 237 g/mol. The number of rotatable bonds is 6. The summed E-state index contributed by atoms with van der Waals surface area (Å²) in [6.45, 7) is 0.404. The van der Waals surface area contributed by atoms with Crippen LogP contribution in [0.25, 0.3) is 10.4 Å². The van der Waals surface area contributed by atoms with Gasteiger partial charge in [0.15, 0.2) is 0 Å². The standard InChI is InChI=1S/C10H12FN5O/c11-8-4-2-1-3-7(8)9(10(12)17)14-5-6-15-16-13/h1-4,9,14H,5-6H2,(H2,12,17). The lowest BCUT2D eigenvalue weighted by Gasteiger charge is -2.15. The van der Waals surface area contributed by atoms with Gasteiger partial charge < -0.3 is 11.1 Å². The summed E-state index contributed by atoms with van der Waals surface area (Å²) in [7, 11) is 0. The van der Waals surface area contributed by atoms with Crippen LogP contribution < -0.4 is 11.1 Å². The van der Waals surface area contributed by atoms with E-state index >= 15 is 0 Å². The summed E-state index contributed by atoms with van der Waals surface area (Å²) in [5, 5.41) is 6.02.